The summed E-state index contributed by atoms with van der Waals surface area (Å²) in [7, 11) is 0.240. The number of aromatic nitrogens is 1. The van der Waals surface area contributed by atoms with Crippen molar-refractivity contribution in [3.63, 3.8) is 0 Å². The van der Waals surface area contributed by atoms with E-state index in [2.05, 4.69) is 19.6 Å². The highest BCUT2D eigenvalue weighted by molar-refractivity contribution is 6.76. The van der Waals surface area contributed by atoms with E-state index >= 15 is 0 Å². The molecule has 1 aromatic heterocycles. The van der Waals surface area contributed by atoms with Crippen LogP contribution in [0.4, 0.5) is 0 Å². The van der Waals surface area contributed by atoms with Gasteiger partial charge in [0.1, 0.15) is 5.75 Å². The van der Waals surface area contributed by atoms with Gasteiger partial charge in [0.25, 0.3) is 5.91 Å². The van der Waals surface area contributed by atoms with Crippen molar-refractivity contribution in [3.8, 4) is 5.75 Å². The third kappa shape index (κ3) is 5.75. The Hall–Kier alpha value is -1.99. The van der Waals surface area contributed by atoms with E-state index < -0.39 is 14.0 Å². The molecule has 33 heavy (non-hydrogen) atoms. The second kappa shape index (κ2) is 10.1. The summed E-state index contributed by atoms with van der Waals surface area (Å²) in [6.07, 6.45) is 0.0313. The molecule has 0 spiro atoms. The van der Waals surface area contributed by atoms with Crippen molar-refractivity contribution in [3.05, 3.63) is 62.2 Å². The summed E-state index contributed by atoms with van der Waals surface area (Å²) in [5, 5.41) is 1.37. The van der Waals surface area contributed by atoms with Crippen LogP contribution in [0.2, 0.25) is 40.8 Å². The smallest absolute Gasteiger partial charge is 0.310 e. The van der Waals surface area contributed by atoms with Crippen molar-refractivity contribution in [2.45, 2.75) is 39.0 Å². The monoisotopic (exact) mass is 525 g/mol. The predicted molar refractivity (Wildman–Crippen MR) is 137 cm³/mol. The van der Waals surface area contributed by atoms with Crippen LogP contribution in [-0.4, -0.2) is 38.2 Å². The molecule has 0 aliphatic rings. The molecule has 0 bridgehead atoms. The lowest BCUT2D eigenvalue weighted by Crippen LogP contribution is -2.23. The van der Waals surface area contributed by atoms with Gasteiger partial charge in [0.05, 0.1) is 41.3 Å². The molecule has 0 N–H and O–H groups in total. The first-order valence-corrected chi connectivity index (χ1v) is 15.3. The SMILES string of the molecule is COc1ccc2c(c1)c(CC(=O)OCC[Si](C)(C)C)c(C)n2C(=O)c1c(Cl)cc(Cl)cc1Cl. The van der Waals surface area contributed by atoms with Gasteiger partial charge < -0.3 is 9.47 Å². The van der Waals surface area contributed by atoms with Crippen LogP contribution in [-0.2, 0) is 16.0 Å². The third-order valence-electron chi connectivity index (χ3n) is 5.40. The van der Waals surface area contributed by atoms with Crippen LogP contribution < -0.4 is 4.74 Å². The molecule has 5 nitrogen and oxygen atoms in total. The van der Waals surface area contributed by atoms with Crippen molar-refractivity contribution >= 4 is 65.7 Å². The van der Waals surface area contributed by atoms with E-state index in [4.69, 9.17) is 44.3 Å². The second-order valence-electron chi connectivity index (χ2n) is 9.04. The number of fused-ring (bicyclic) bond motifs is 1. The van der Waals surface area contributed by atoms with Gasteiger partial charge in [-0.1, -0.05) is 54.4 Å². The van der Waals surface area contributed by atoms with Gasteiger partial charge in [0, 0.05) is 24.2 Å². The number of benzene rings is 2. The normalized spacial score (nSPS) is 11.6. The third-order valence-corrected chi connectivity index (χ3v) is 7.92. The Morgan fingerprint density at radius 3 is 2.24 bits per heavy atom. The average molecular weight is 527 g/mol. The summed E-state index contributed by atoms with van der Waals surface area (Å²) in [5.74, 6) is -0.135. The lowest BCUT2D eigenvalue weighted by molar-refractivity contribution is -0.142. The highest BCUT2D eigenvalue weighted by Gasteiger charge is 2.25. The first kappa shape index (κ1) is 25.6. The highest BCUT2D eigenvalue weighted by atomic mass is 35.5. The average Bonchev–Trinajstić information content (AvgIpc) is 2.97. The van der Waals surface area contributed by atoms with Crippen molar-refractivity contribution < 1.29 is 19.1 Å². The molecule has 0 amide bonds. The lowest BCUT2D eigenvalue weighted by atomic mass is 10.1. The zero-order valence-electron chi connectivity index (χ0n) is 19.2. The van der Waals surface area contributed by atoms with Crippen LogP contribution in [0.1, 0.15) is 21.6 Å². The molecule has 0 aliphatic carbocycles. The minimum absolute atomic E-state index is 0.0313. The summed E-state index contributed by atoms with van der Waals surface area (Å²) in [6.45, 7) is 8.85. The molecule has 176 valence electrons. The zero-order chi connectivity index (χ0) is 24.5. The molecule has 3 aromatic rings. The number of esters is 1. The maximum absolute atomic E-state index is 13.6. The molecule has 0 unspecified atom stereocenters. The molecular formula is C24H26Cl3NO4Si. The van der Waals surface area contributed by atoms with Crippen molar-refractivity contribution in [2.24, 2.45) is 0 Å². The van der Waals surface area contributed by atoms with Crippen molar-refractivity contribution in [2.75, 3.05) is 13.7 Å². The van der Waals surface area contributed by atoms with Crippen LogP contribution in [0, 0.1) is 6.92 Å². The lowest BCUT2D eigenvalue weighted by Gasteiger charge is -2.15. The van der Waals surface area contributed by atoms with Gasteiger partial charge in [-0.3, -0.25) is 14.2 Å². The zero-order valence-corrected chi connectivity index (χ0v) is 22.5. The quantitative estimate of drug-likeness (QED) is 0.245. The molecule has 0 fully saturated rings. The van der Waals surface area contributed by atoms with Crippen molar-refractivity contribution in [1.29, 1.82) is 0 Å². The molecule has 2 aromatic carbocycles. The minimum atomic E-state index is -1.32. The van der Waals surface area contributed by atoms with Crippen LogP contribution in [0.15, 0.2) is 30.3 Å². The van der Waals surface area contributed by atoms with Gasteiger partial charge in [-0.15, -0.1) is 0 Å². The Labute approximate surface area is 209 Å². The summed E-state index contributed by atoms with van der Waals surface area (Å²) in [6, 6.07) is 9.18. The fraction of sp³-hybridized carbons (Fsp3) is 0.333. The summed E-state index contributed by atoms with van der Waals surface area (Å²) < 4.78 is 12.4. The van der Waals surface area contributed by atoms with Crippen LogP contribution in [0.5, 0.6) is 5.75 Å². The first-order valence-electron chi connectivity index (χ1n) is 10.5. The van der Waals surface area contributed by atoms with Crippen LogP contribution in [0.3, 0.4) is 0 Å². The first-order chi connectivity index (χ1) is 15.4. The number of carbonyl (C=O) groups excluding carboxylic acids is 2. The van der Waals surface area contributed by atoms with Crippen LogP contribution >= 0.6 is 34.8 Å². The maximum Gasteiger partial charge on any atom is 0.310 e. The fourth-order valence-electron chi connectivity index (χ4n) is 3.60. The van der Waals surface area contributed by atoms with E-state index in [-0.39, 0.29) is 28.0 Å². The molecule has 0 saturated heterocycles. The largest absolute Gasteiger partial charge is 0.497 e. The van der Waals surface area contributed by atoms with E-state index in [1.165, 1.54) is 16.7 Å². The molecular weight excluding hydrogens is 501 g/mol. The molecule has 1 heterocycles. The summed E-state index contributed by atoms with van der Waals surface area (Å²) >= 11 is 18.7. The minimum Gasteiger partial charge on any atom is -0.497 e. The van der Waals surface area contributed by atoms with Gasteiger partial charge in [-0.25, -0.2) is 0 Å². The van der Waals surface area contributed by atoms with Gasteiger partial charge in [0.15, 0.2) is 0 Å². The standard InChI is InChI=1S/C24H26Cl3NO4Si/c1-14-17(13-22(29)32-8-9-33(3,4)5)18-12-16(31-2)6-7-21(18)28(14)24(30)23-19(26)10-15(25)11-20(23)27/h6-7,10-12H,8-9,13H2,1-5H3. The van der Waals surface area contributed by atoms with E-state index in [0.717, 1.165) is 11.4 Å². The topological polar surface area (TPSA) is 57.5 Å². The Balaban J connectivity index is 2.06. The van der Waals surface area contributed by atoms with Gasteiger partial charge in [-0.05, 0) is 48.9 Å². The number of hydrogen-bond acceptors (Lipinski definition) is 4. The highest BCUT2D eigenvalue weighted by Crippen LogP contribution is 2.34. The number of hydrogen-bond donors (Lipinski definition) is 0. The number of methoxy groups -OCH3 is 1. The van der Waals surface area contributed by atoms with Crippen LogP contribution in [0.25, 0.3) is 10.9 Å². The summed E-state index contributed by atoms with van der Waals surface area (Å²) in [4.78, 5) is 26.2. The van der Waals surface area contributed by atoms with E-state index in [0.29, 0.717) is 34.2 Å². The van der Waals surface area contributed by atoms with E-state index in [1.807, 2.05) is 6.07 Å². The fourth-order valence-corrected chi connectivity index (χ4v) is 5.29. The molecule has 9 heteroatoms. The Morgan fingerprint density at radius 2 is 1.67 bits per heavy atom. The van der Waals surface area contributed by atoms with Gasteiger partial charge in [-0.2, -0.15) is 0 Å². The number of rotatable bonds is 7. The maximum atomic E-state index is 13.6. The Kier molecular flexibility index (Phi) is 7.84. The van der Waals surface area contributed by atoms with Gasteiger partial charge in [0.2, 0.25) is 0 Å². The van der Waals surface area contributed by atoms with Gasteiger partial charge >= 0.3 is 5.97 Å². The molecule has 0 atom stereocenters. The van der Waals surface area contributed by atoms with E-state index in [1.54, 1.807) is 26.2 Å². The van der Waals surface area contributed by atoms with Crippen molar-refractivity contribution in [1.82, 2.24) is 4.57 Å². The second-order valence-corrected chi connectivity index (χ2v) is 15.9. The summed E-state index contributed by atoms with van der Waals surface area (Å²) in [5.41, 5.74) is 2.05. The Morgan fingerprint density at radius 1 is 1.03 bits per heavy atom. The van der Waals surface area contributed by atoms with E-state index in [9.17, 15) is 9.59 Å². The predicted octanol–water partition coefficient (Wildman–Crippen LogP) is 7.03. The number of carbonyl (C=O) groups is 2. The molecule has 0 saturated carbocycles. The Bertz CT molecular complexity index is 1210. The molecule has 0 radical (unpaired) electrons. The number of nitrogens with zero attached hydrogens (tertiary/aromatic N) is 1. The molecule has 3 rings (SSSR count). The number of ether oxygens (including phenoxy) is 2. The number of halogens is 3. The molecule has 0 aliphatic heterocycles.